The molecule has 0 aliphatic carbocycles. The Kier molecular flexibility index (Phi) is 3.02. The van der Waals surface area contributed by atoms with Gasteiger partial charge in [-0.05, 0) is 48.5 Å². The molecular weight excluding hydrogens is 222 g/mol. The molecule has 0 saturated heterocycles. The van der Waals surface area contributed by atoms with Gasteiger partial charge in [-0.1, -0.05) is 11.6 Å². The van der Waals surface area contributed by atoms with Crippen LogP contribution in [0.15, 0.2) is 48.5 Å². The molecule has 0 atom stereocenters. The van der Waals surface area contributed by atoms with E-state index in [0.29, 0.717) is 0 Å². The molecule has 0 heterocycles. The van der Waals surface area contributed by atoms with Gasteiger partial charge in [-0.2, -0.15) is 0 Å². The van der Waals surface area contributed by atoms with Gasteiger partial charge in [-0.3, -0.25) is 0 Å². The second-order valence-electron chi connectivity index (χ2n) is 3.55. The first-order valence-corrected chi connectivity index (χ1v) is 5.33. The van der Waals surface area contributed by atoms with Crippen LogP contribution in [0.5, 0.6) is 5.75 Å². The molecule has 2 aromatic carbocycles. The van der Waals surface area contributed by atoms with Gasteiger partial charge in [-0.25, -0.2) is 0 Å². The molecule has 0 saturated carbocycles. The average molecular weight is 234 g/mol. The molecule has 0 amide bonds. The lowest BCUT2D eigenvalue weighted by molar-refractivity contribution is 0.475. The molecule has 0 unspecified atom stereocenters. The SMILES string of the molecule is CN(c1ccc(O)cc1)c1ccc(Cl)cc1. The van der Waals surface area contributed by atoms with Crippen LogP contribution < -0.4 is 4.90 Å². The van der Waals surface area contributed by atoms with Crippen LogP contribution in [0.2, 0.25) is 5.02 Å². The van der Waals surface area contributed by atoms with E-state index in [9.17, 15) is 5.11 Å². The molecule has 2 nitrogen and oxygen atoms in total. The van der Waals surface area contributed by atoms with E-state index in [2.05, 4.69) is 0 Å². The molecule has 0 bridgehead atoms. The van der Waals surface area contributed by atoms with Crippen molar-refractivity contribution in [3.05, 3.63) is 53.6 Å². The third kappa shape index (κ3) is 2.28. The van der Waals surface area contributed by atoms with Crippen LogP contribution in [0.3, 0.4) is 0 Å². The first kappa shape index (κ1) is 10.8. The Morgan fingerprint density at radius 1 is 0.875 bits per heavy atom. The van der Waals surface area contributed by atoms with Crippen molar-refractivity contribution in [2.24, 2.45) is 0 Å². The van der Waals surface area contributed by atoms with Crippen molar-refractivity contribution < 1.29 is 5.11 Å². The Morgan fingerprint density at radius 2 is 1.31 bits per heavy atom. The van der Waals surface area contributed by atoms with Gasteiger partial charge in [0.05, 0.1) is 0 Å². The van der Waals surface area contributed by atoms with Crippen molar-refractivity contribution in [3.8, 4) is 5.75 Å². The molecular formula is C13H12ClNO. The predicted octanol–water partition coefficient (Wildman–Crippen LogP) is 3.81. The standard InChI is InChI=1S/C13H12ClNO/c1-15(11-4-2-10(14)3-5-11)12-6-8-13(16)9-7-12/h2-9,16H,1H3. The van der Waals surface area contributed by atoms with Crippen molar-refractivity contribution in [2.75, 3.05) is 11.9 Å². The molecule has 0 aliphatic heterocycles. The number of phenols is 1. The maximum atomic E-state index is 9.21. The van der Waals surface area contributed by atoms with E-state index in [1.807, 2.05) is 48.3 Å². The van der Waals surface area contributed by atoms with E-state index in [1.54, 1.807) is 12.1 Å². The van der Waals surface area contributed by atoms with Crippen LogP contribution in [-0.2, 0) is 0 Å². The van der Waals surface area contributed by atoms with Crippen molar-refractivity contribution in [1.82, 2.24) is 0 Å². The minimum absolute atomic E-state index is 0.272. The zero-order valence-corrected chi connectivity index (χ0v) is 9.65. The smallest absolute Gasteiger partial charge is 0.115 e. The number of hydrogen-bond donors (Lipinski definition) is 1. The quantitative estimate of drug-likeness (QED) is 0.853. The highest BCUT2D eigenvalue weighted by molar-refractivity contribution is 6.30. The van der Waals surface area contributed by atoms with Crippen molar-refractivity contribution in [1.29, 1.82) is 0 Å². The third-order valence-corrected chi connectivity index (χ3v) is 2.70. The monoisotopic (exact) mass is 233 g/mol. The number of anilines is 2. The molecule has 16 heavy (non-hydrogen) atoms. The minimum Gasteiger partial charge on any atom is -0.508 e. The van der Waals surface area contributed by atoms with Gasteiger partial charge in [0.15, 0.2) is 0 Å². The van der Waals surface area contributed by atoms with Crippen LogP contribution in [-0.4, -0.2) is 12.2 Å². The topological polar surface area (TPSA) is 23.5 Å². The molecule has 0 fully saturated rings. The summed E-state index contributed by atoms with van der Waals surface area (Å²) in [6.45, 7) is 0. The van der Waals surface area contributed by atoms with Gasteiger partial charge in [0.25, 0.3) is 0 Å². The summed E-state index contributed by atoms with van der Waals surface area (Å²) >= 11 is 5.83. The summed E-state index contributed by atoms with van der Waals surface area (Å²) in [6.07, 6.45) is 0. The van der Waals surface area contributed by atoms with Gasteiger partial charge in [0.2, 0.25) is 0 Å². The number of benzene rings is 2. The Balaban J connectivity index is 2.28. The van der Waals surface area contributed by atoms with Gasteiger partial charge < -0.3 is 10.0 Å². The average Bonchev–Trinajstić information content (AvgIpc) is 2.30. The summed E-state index contributed by atoms with van der Waals surface area (Å²) < 4.78 is 0. The van der Waals surface area contributed by atoms with Gasteiger partial charge in [-0.15, -0.1) is 0 Å². The Labute approximate surface area is 99.7 Å². The Hall–Kier alpha value is -1.67. The van der Waals surface area contributed by atoms with Crippen molar-refractivity contribution >= 4 is 23.0 Å². The lowest BCUT2D eigenvalue weighted by Gasteiger charge is -2.19. The number of aromatic hydroxyl groups is 1. The van der Waals surface area contributed by atoms with Gasteiger partial charge in [0, 0.05) is 23.4 Å². The van der Waals surface area contributed by atoms with Crippen LogP contribution in [0.25, 0.3) is 0 Å². The van der Waals surface area contributed by atoms with Crippen molar-refractivity contribution in [2.45, 2.75) is 0 Å². The molecule has 0 aromatic heterocycles. The summed E-state index contributed by atoms with van der Waals surface area (Å²) in [5, 5.41) is 9.93. The van der Waals surface area contributed by atoms with E-state index in [1.165, 1.54) is 0 Å². The maximum Gasteiger partial charge on any atom is 0.115 e. The van der Waals surface area contributed by atoms with Gasteiger partial charge in [0.1, 0.15) is 5.75 Å². The fourth-order valence-corrected chi connectivity index (χ4v) is 1.62. The lowest BCUT2D eigenvalue weighted by Crippen LogP contribution is -2.08. The normalized spacial score (nSPS) is 10.1. The summed E-state index contributed by atoms with van der Waals surface area (Å²) in [7, 11) is 1.97. The van der Waals surface area contributed by atoms with Gasteiger partial charge >= 0.3 is 0 Å². The summed E-state index contributed by atoms with van der Waals surface area (Å²) in [5.74, 6) is 0.272. The Morgan fingerprint density at radius 3 is 1.81 bits per heavy atom. The van der Waals surface area contributed by atoms with E-state index >= 15 is 0 Å². The molecule has 0 spiro atoms. The molecule has 0 aliphatic rings. The second-order valence-corrected chi connectivity index (χ2v) is 3.99. The fourth-order valence-electron chi connectivity index (χ4n) is 1.49. The van der Waals surface area contributed by atoms with Crippen LogP contribution in [0.1, 0.15) is 0 Å². The maximum absolute atomic E-state index is 9.21. The molecule has 2 rings (SSSR count). The summed E-state index contributed by atoms with van der Waals surface area (Å²) in [4.78, 5) is 2.02. The number of nitrogens with zero attached hydrogens (tertiary/aromatic N) is 1. The van der Waals surface area contributed by atoms with Crippen LogP contribution in [0, 0.1) is 0 Å². The Bertz CT molecular complexity index is 419. The first-order valence-electron chi connectivity index (χ1n) is 4.95. The lowest BCUT2D eigenvalue weighted by atomic mass is 10.2. The number of halogens is 1. The van der Waals surface area contributed by atoms with E-state index in [-0.39, 0.29) is 5.75 Å². The van der Waals surface area contributed by atoms with E-state index < -0.39 is 0 Å². The fraction of sp³-hybridized carbons (Fsp3) is 0.0769. The zero-order chi connectivity index (χ0) is 11.5. The largest absolute Gasteiger partial charge is 0.508 e. The third-order valence-electron chi connectivity index (χ3n) is 2.45. The summed E-state index contributed by atoms with van der Waals surface area (Å²) in [5.41, 5.74) is 2.07. The van der Waals surface area contributed by atoms with E-state index in [0.717, 1.165) is 16.4 Å². The first-order chi connectivity index (χ1) is 7.66. The highest BCUT2D eigenvalue weighted by atomic mass is 35.5. The van der Waals surface area contributed by atoms with Crippen LogP contribution >= 0.6 is 11.6 Å². The molecule has 0 radical (unpaired) electrons. The predicted molar refractivity (Wildman–Crippen MR) is 67.6 cm³/mol. The zero-order valence-electron chi connectivity index (χ0n) is 8.89. The van der Waals surface area contributed by atoms with Crippen LogP contribution in [0.4, 0.5) is 11.4 Å². The minimum atomic E-state index is 0.272. The number of rotatable bonds is 2. The van der Waals surface area contributed by atoms with Crippen molar-refractivity contribution in [3.63, 3.8) is 0 Å². The molecule has 1 N–H and O–H groups in total. The second kappa shape index (κ2) is 4.45. The number of hydrogen-bond acceptors (Lipinski definition) is 2. The number of phenolic OH excluding ortho intramolecular Hbond substituents is 1. The van der Waals surface area contributed by atoms with E-state index in [4.69, 9.17) is 11.6 Å². The molecule has 3 heteroatoms. The molecule has 82 valence electrons. The summed E-state index contributed by atoms with van der Waals surface area (Å²) in [6, 6.07) is 14.7. The highest BCUT2D eigenvalue weighted by Gasteiger charge is 2.03. The highest BCUT2D eigenvalue weighted by Crippen LogP contribution is 2.25. The molecule has 2 aromatic rings.